The lowest BCUT2D eigenvalue weighted by molar-refractivity contribution is -0.137. The van der Waals surface area contributed by atoms with Gasteiger partial charge in [0.15, 0.2) is 0 Å². The molecule has 3 nitrogen and oxygen atoms in total. The van der Waals surface area contributed by atoms with Crippen molar-refractivity contribution in [3.63, 3.8) is 0 Å². The van der Waals surface area contributed by atoms with E-state index in [9.17, 15) is 9.59 Å². The highest BCUT2D eigenvalue weighted by Gasteiger charge is 2.39. The average molecular weight is 446 g/mol. The van der Waals surface area contributed by atoms with Crippen LogP contribution in [0.3, 0.4) is 0 Å². The number of rotatable bonds is 5. The van der Waals surface area contributed by atoms with Gasteiger partial charge in [-0.2, -0.15) is 0 Å². The van der Waals surface area contributed by atoms with Crippen molar-refractivity contribution in [3.05, 3.63) is 91.4 Å². The highest BCUT2D eigenvalue weighted by atomic mass is 35.5. The maximum Gasteiger partial charge on any atom is 0.268 e. The number of carbonyl (C=O) groups is 2. The number of nitrogens with zero attached hydrogens (tertiary/aromatic N) is 1. The molecule has 1 aliphatic rings. The Morgan fingerprint density at radius 1 is 0.857 bits per heavy atom. The molecule has 2 heterocycles. The highest BCUT2D eigenvalue weighted by molar-refractivity contribution is 8.04. The lowest BCUT2D eigenvalue weighted by Crippen LogP contribution is -2.30. The van der Waals surface area contributed by atoms with Gasteiger partial charge in [0.1, 0.15) is 0 Å². The van der Waals surface area contributed by atoms with E-state index in [0.29, 0.717) is 20.5 Å². The number of thioether (sulfide) groups is 1. The number of hydrogen-bond donors (Lipinski definition) is 0. The summed E-state index contributed by atoms with van der Waals surface area (Å²) >= 11 is 14.6. The molecule has 0 N–H and O–H groups in total. The summed E-state index contributed by atoms with van der Waals surface area (Å²) in [4.78, 5) is 29.6. The molecule has 0 spiro atoms. The fourth-order valence-corrected chi connectivity index (χ4v) is 4.91. The van der Waals surface area contributed by atoms with Gasteiger partial charge in [0.2, 0.25) is 0 Å². The zero-order valence-corrected chi connectivity index (χ0v) is 17.5. The molecule has 0 saturated heterocycles. The molecule has 0 atom stereocenters. The normalized spacial score (nSPS) is 14.3. The fourth-order valence-electron chi connectivity index (χ4n) is 2.82. The van der Waals surface area contributed by atoms with E-state index in [1.807, 2.05) is 41.8 Å². The summed E-state index contributed by atoms with van der Waals surface area (Å²) in [6, 6.07) is 18.1. The van der Waals surface area contributed by atoms with Gasteiger partial charge in [0.25, 0.3) is 11.8 Å². The zero-order chi connectivity index (χ0) is 19.7. The van der Waals surface area contributed by atoms with Gasteiger partial charge in [-0.05, 0) is 53.4 Å². The first-order valence-corrected chi connectivity index (χ1v) is 10.8. The third kappa shape index (κ3) is 3.89. The van der Waals surface area contributed by atoms with E-state index in [0.717, 1.165) is 15.3 Å². The van der Waals surface area contributed by atoms with Crippen LogP contribution in [-0.4, -0.2) is 16.7 Å². The van der Waals surface area contributed by atoms with Crippen LogP contribution >= 0.6 is 46.3 Å². The van der Waals surface area contributed by atoms with E-state index < -0.39 is 0 Å². The van der Waals surface area contributed by atoms with Crippen LogP contribution in [0.4, 0.5) is 0 Å². The lowest BCUT2D eigenvalue weighted by Gasteiger charge is -2.15. The maximum atomic E-state index is 13.1. The number of thiophene rings is 1. The van der Waals surface area contributed by atoms with Gasteiger partial charge in [-0.25, -0.2) is 0 Å². The number of amides is 2. The molecule has 2 aromatic carbocycles. The minimum Gasteiger partial charge on any atom is -0.269 e. The summed E-state index contributed by atoms with van der Waals surface area (Å²) in [7, 11) is 0. The van der Waals surface area contributed by atoms with Gasteiger partial charge in [-0.15, -0.1) is 11.3 Å². The van der Waals surface area contributed by atoms with Crippen molar-refractivity contribution in [1.29, 1.82) is 0 Å². The second-order valence-corrected chi connectivity index (χ2v) is 8.96. The second-order valence-electron chi connectivity index (χ2n) is 6.06. The number of imide groups is 1. The molecule has 0 aliphatic carbocycles. The Morgan fingerprint density at radius 3 is 2.11 bits per heavy atom. The van der Waals surface area contributed by atoms with Crippen LogP contribution in [-0.2, 0) is 16.1 Å². The Bertz CT molecular complexity index is 1060. The third-order valence-corrected chi connectivity index (χ3v) is 6.66. The minimum atomic E-state index is -0.289. The Balaban J connectivity index is 1.69. The monoisotopic (exact) mass is 445 g/mol. The molecule has 28 heavy (non-hydrogen) atoms. The molecule has 7 heteroatoms. The molecule has 0 saturated carbocycles. The van der Waals surface area contributed by atoms with Crippen molar-refractivity contribution in [2.75, 3.05) is 0 Å². The van der Waals surface area contributed by atoms with Gasteiger partial charge in [-0.1, -0.05) is 53.2 Å². The number of benzene rings is 2. The standard InChI is InChI=1S/C21H13Cl2NO2S2/c22-14-5-3-13(4-6-14)12-24-20(25)18(17-2-1-11-27-17)19(21(24)26)28-16-9-7-15(23)8-10-16/h1-11H,12H2. The van der Waals surface area contributed by atoms with Gasteiger partial charge >= 0.3 is 0 Å². The van der Waals surface area contributed by atoms with Crippen LogP contribution in [0.1, 0.15) is 10.4 Å². The number of halogens is 2. The van der Waals surface area contributed by atoms with Crippen LogP contribution in [0.15, 0.2) is 75.8 Å². The molecule has 0 unspecified atom stereocenters. The first-order chi connectivity index (χ1) is 13.5. The largest absolute Gasteiger partial charge is 0.269 e. The number of hydrogen-bond acceptors (Lipinski definition) is 4. The predicted octanol–water partition coefficient (Wildman–Crippen LogP) is 6.13. The Labute approximate surface area is 180 Å². The van der Waals surface area contributed by atoms with Gasteiger partial charge in [0.05, 0.1) is 17.0 Å². The van der Waals surface area contributed by atoms with E-state index in [1.54, 1.807) is 24.3 Å². The van der Waals surface area contributed by atoms with Crippen molar-refractivity contribution in [2.45, 2.75) is 11.4 Å². The highest BCUT2D eigenvalue weighted by Crippen LogP contribution is 2.41. The molecule has 3 aromatic rings. The third-order valence-electron chi connectivity index (χ3n) is 4.18. The maximum absolute atomic E-state index is 13.1. The molecule has 4 rings (SSSR count). The quantitative estimate of drug-likeness (QED) is 0.443. The van der Waals surface area contributed by atoms with Gasteiger partial charge < -0.3 is 0 Å². The average Bonchev–Trinajstić information content (AvgIpc) is 3.28. The summed E-state index contributed by atoms with van der Waals surface area (Å²) in [6.45, 7) is 0.203. The summed E-state index contributed by atoms with van der Waals surface area (Å²) in [5, 5.41) is 3.13. The summed E-state index contributed by atoms with van der Waals surface area (Å²) in [5.74, 6) is -0.567. The van der Waals surface area contributed by atoms with Crippen LogP contribution < -0.4 is 0 Å². The van der Waals surface area contributed by atoms with E-state index in [4.69, 9.17) is 23.2 Å². The summed E-state index contributed by atoms with van der Waals surface area (Å²) in [5.41, 5.74) is 1.29. The molecule has 2 amide bonds. The summed E-state index contributed by atoms with van der Waals surface area (Å²) in [6.07, 6.45) is 0. The van der Waals surface area contributed by atoms with Crippen LogP contribution in [0.25, 0.3) is 5.57 Å². The van der Waals surface area contributed by atoms with Crippen molar-refractivity contribution < 1.29 is 9.59 Å². The Hall–Kier alpha value is -2.05. The van der Waals surface area contributed by atoms with Gasteiger partial charge in [0, 0.05) is 19.8 Å². The molecule has 140 valence electrons. The molecule has 0 fully saturated rings. The van der Waals surface area contributed by atoms with E-state index >= 15 is 0 Å². The van der Waals surface area contributed by atoms with E-state index in [2.05, 4.69) is 0 Å². The number of carbonyl (C=O) groups excluding carboxylic acids is 2. The first-order valence-electron chi connectivity index (χ1n) is 8.35. The minimum absolute atomic E-state index is 0.203. The van der Waals surface area contributed by atoms with Crippen LogP contribution in [0.2, 0.25) is 10.0 Å². The van der Waals surface area contributed by atoms with Crippen LogP contribution in [0.5, 0.6) is 0 Å². The van der Waals surface area contributed by atoms with Crippen molar-refractivity contribution >= 4 is 63.7 Å². The molecular formula is C21H13Cl2NO2S2. The van der Waals surface area contributed by atoms with Crippen molar-refractivity contribution in [3.8, 4) is 0 Å². The van der Waals surface area contributed by atoms with Crippen molar-refractivity contribution in [2.24, 2.45) is 0 Å². The summed E-state index contributed by atoms with van der Waals surface area (Å²) < 4.78 is 0. The smallest absolute Gasteiger partial charge is 0.268 e. The Kier molecular flexibility index (Phi) is 5.60. The van der Waals surface area contributed by atoms with E-state index in [-0.39, 0.29) is 18.4 Å². The molecular weight excluding hydrogens is 433 g/mol. The molecule has 0 bridgehead atoms. The predicted molar refractivity (Wildman–Crippen MR) is 116 cm³/mol. The fraction of sp³-hybridized carbons (Fsp3) is 0.0476. The van der Waals surface area contributed by atoms with E-state index in [1.165, 1.54) is 28.0 Å². The lowest BCUT2D eigenvalue weighted by atomic mass is 10.2. The second kappa shape index (κ2) is 8.13. The van der Waals surface area contributed by atoms with Crippen LogP contribution in [0, 0.1) is 0 Å². The topological polar surface area (TPSA) is 37.4 Å². The Morgan fingerprint density at radius 2 is 1.50 bits per heavy atom. The van der Waals surface area contributed by atoms with Crippen molar-refractivity contribution in [1.82, 2.24) is 4.90 Å². The molecule has 1 aromatic heterocycles. The van der Waals surface area contributed by atoms with Gasteiger partial charge in [-0.3, -0.25) is 14.5 Å². The SMILES string of the molecule is O=C1C(Sc2ccc(Cl)cc2)=C(c2cccs2)C(=O)N1Cc1ccc(Cl)cc1. The zero-order valence-electron chi connectivity index (χ0n) is 14.4. The molecule has 0 radical (unpaired) electrons. The molecule has 1 aliphatic heterocycles. The first kappa shape index (κ1) is 19.3.